The minimum Gasteiger partial charge on any atom is -0.464 e. The third kappa shape index (κ3) is 2.12. The van der Waals surface area contributed by atoms with Crippen LogP contribution in [0.15, 0.2) is 0 Å². The highest BCUT2D eigenvalue weighted by Crippen LogP contribution is 2.16. The number of hydrogen-bond acceptors (Lipinski definition) is 5. The van der Waals surface area contributed by atoms with Gasteiger partial charge in [-0.05, 0) is 6.42 Å². The first-order chi connectivity index (χ1) is 8.76. The molecule has 0 bridgehead atoms. The van der Waals surface area contributed by atoms with Crippen LogP contribution in [0.2, 0.25) is 0 Å². The number of cyclic esters (lactones) is 1. The smallest absolute Gasteiger partial charge is 0.323 e. The Labute approximate surface area is 106 Å². The van der Waals surface area contributed by atoms with Crippen LogP contribution in [0.5, 0.6) is 0 Å². The molecule has 1 saturated heterocycles. The van der Waals surface area contributed by atoms with E-state index in [4.69, 9.17) is 4.74 Å². The van der Waals surface area contributed by atoms with Gasteiger partial charge in [0.1, 0.15) is 11.9 Å². The minimum absolute atomic E-state index is 0.117. The van der Waals surface area contributed by atoms with Crippen LogP contribution in [-0.4, -0.2) is 39.4 Å². The molecule has 6 heteroatoms. The van der Waals surface area contributed by atoms with Crippen molar-refractivity contribution in [1.29, 1.82) is 0 Å². The highest BCUT2D eigenvalue weighted by molar-refractivity contribution is 5.77. The standard InChI is InChI=1S/C12H18N4O2/c1-2-10-14-11-4-3-8(7-16(11)15-10)13-9-5-6-18-12(9)17/h8-9,13H,2-7H2,1H3/t8-,9+/m1/s1. The van der Waals surface area contributed by atoms with Gasteiger partial charge in [-0.3, -0.25) is 10.1 Å². The second kappa shape index (κ2) is 4.68. The van der Waals surface area contributed by atoms with E-state index in [1.165, 1.54) is 0 Å². The summed E-state index contributed by atoms with van der Waals surface area (Å²) in [5.74, 6) is 1.86. The zero-order valence-electron chi connectivity index (χ0n) is 10.6. The first-order valence-electron chi connectivity index (χ1n) is 6.61. The Morgan fingerprint density at radius 2 is 2.39 bits per heavy atom. The number of aromatic nitrogens is 3. The first kappa shape index (κ1) is 11.6. The number of carbonyl (C=O) groups is 1. The fourth-order valence-electron chi connectivity index (χ4n) is 2.58. The third-order valence-electron chi connectivity index (χ3n) is 3.59. The molecule has 98 valence electrons. The van der Waals surface area contributed by atoms with Crippen LogP contribution >= 0.6 is 0 Å². The molecular formula is C12H18N4O2. The number of carbonyl (C=O) groups excluding carboxylic acids is 1. The topological polar surface area (TPSA) is 69.0 Å². The SMILES string of the molecule is CCc1nc2n(n1)C[C@H](N[C@H]1CCOC1=O)CC2. The van der Waals surface area contributed by atoms with Gasteiger partial charge in [0.05, 0.1) is 13.2 Å². The number of rotatable bonds is 3. The van der Waals surface area contributed by atoms with E-state index in [-0.39, 0.29) is 12.0 Å². The van der Waals surface area contributed by atoms with E-state index in [0.717, 1.165) is 43.9 Å². The van der Waals surface area contributed by atoms with Gasteiger partial charge < -0.3 is 4.74 Å². The summed E-state index contributed by atoms with van der Waals surface area (Å²) in [4.78, 5) is 15.9. The molecule has 0 unspecified atom stereocenters. The Morgan fingerprint density at radius 3 is 3.11 bits per heavy atom. The molecule has 2 atom stereocenters. The quantitative estimate of drug-likeness (QED) is 0.768. The number of aryl methyl sites for hydroxylation is 2. The molecule has 6 nitrogen and oxygen atoms in total. The Kier molecular flexibility index (Phi) is 3.03. The predicted octanol–water partition coefficient (Wildman–Crippen LogP) is 0.0604. The van der Waals surface area contributed by atoms with Gasteiger partial charge in [0.15, 0.2) is 5.82 Å². The van der Waals surface area contributed by atoms with Crippen molar-refractivity contribution in [1.82, 2.24) is 20.1 Å². The van der Waals surface area contributed by atoms with Gasteiger partial charge in [0, 0.05) is 25.3 Å². The molecule has 2 aliphatic heterocycles. The molecule has 2 aliphatic rings. The van der Waals surface area contributed by atoms with Crippen molar-refractivity contribution in [2.75, 3.05) is 6.61 Å². The van der Waals surface area contributed by atoms with Crippen molar-refractivity contribution in [3.63, 3.8) is 0 Å². The lowest BCUT2D eigenvalue weighted by Crippen LogP contribution is -2.45. The molecule has 18 heavy (non-hydrogen) atoms. The van der Waals surface area contributed by atoms with E-state index in [9.17, 15) is 4.79 Å². The average Bonchev–Trinajstić information content (AvgIpc) is 2.95. The van der Waals surface area contributed by atoms with Crippen molar-refractivity contribution in [2.45, 2.75) is 51.2 Å². The summed E-state index contributed by atoms with van der Waals surface area (Å²) in [6.45, 7) is 3.40. The number of nitrogens with one attached hydrogen (secondary N) is 1. The summed E-state index contributed by atoms with van der Waals surface area (Å²) in [7, 11) is 0. The highest BCUT2D eigenvalue weighted by Gasteiger charge is 2.30. The van der Waals surface area contributed by atoms with Crippen LogP contribution in [0.1, 0.15) is 31.4 Å². The molecule has 0 aliphatic carbocycles. The first-order valence-corrected chi connectivity index (χ1v) is 6.61. The summed E-state index contributed by atoms with van der Waals surface area (Å²) >= 11 is 0. The molecule has 3 heterocycles. The number of fused-ring (bicyclic) bond motifs is 1. The normalized spacial score (nSPS) is 27.1. The number of nitrogens with zero attached hydrogens (tertiary/aromatic N) is 3. The fraction of sp³-hybridized carbons (Fsp3) is 0.750. The maximum atomic E-state index is 11.4. The summed E-state index contributed by atoms with van der Waals surface area (Å²) < 4.78 is 6.93. The molecular weight excluding hydrogens is 232 g/mol. The molecule has 0 radical (unpaired) electrons. The molecule has 3 rings (SSSR count). The Balaban J connectivity index is 1.65. The zero-order valence-corrected chi connectivity index (χ0v) is 10.6. The second-order valence-corrected chi connectivity index (χ2v) is 4.89. The predicted molar refractivity (Wildman–Crippen MR) is 64.0 cm³/mol. The van der Waals surface area contributed by atoms with Crippen molar-refractivity contribution >= 4 is 5.97 Å². The lowest BCUT2D eigenvalue weighted by atomic mass is 10.1. The van der Waals surface area contributed by atoms with Gasteiger partial charge in [-0.25, -0.2) is 9.67 Å². The van der Waals surface area contributed by atoms with Gasteiger partial charge in [-0.15, -0.1) is 0 Å². The van der Waals surface area contributed by atoms with E-state index in [1.807, 2.05) is 4.68 Å². The van der Waals surface area contributed by atoms with Gasteiger partial charge in [0.2, 0.25) is 0 Å². The molecule has 0 spiro atoms. The van der Waals surface area contributed by atoms with E-state index in [0.29, 0.717) is 12.6 Å². The van der Waals surface area contributed by atoms with Crippen molar-refractivity contribution in [2.24, 2.45) is 0 Å². The Bertz CT molecular complexity index is 457. The molecule has 0 amide bonds. The number of esters is 1. The van der Waals surface area contributed by atoms with Gasteiger partial charge in [-0.1, -0.05) is 6.92 Å². The largest absolute Gasteiger partial charge is 0.464 e. The molecule has 1 fully saturated rings. The van der Waals surface area contributed by atoms with E-state index >= 15 is 0 Å². The van der Waals surface area contributed by atoms with Crippen LogP contribution < -0.4 is 5.32 Å². The zero-order chi connectivity index (χ0) is 12.5. The number of ether oxygens (including phenoxy) is 1. The monoisotopic (exact) mass is 250 g/mol. The molecule has 0 saturated carbocycles. The van der Waals surface area contributed by atoms with Crippen LogP contribution in [0.25, 0.3) is 0 Å². The van der Waals surface area contributed by atoms with E-state index in [2.05, 4.69) is 22.3 Å². The van der Waals surface area contributed by atoms with Crippen molar-refractivity contribution < 1.29 is 9.53 Å². The summed E-state index contributed by atoms with van der Waals surface area (Å²) in [5, 5.41) is 7.84. The summed E-state index contributed by atoms with van der Waals surface area (Å²) in [6, 6.07) is 0.158. The van der Waals surface area contributed by atoms with Gasteiger partial charge >= 0.3 is 5.97 Å². The fourth-order valence-corrected chi connectivity index (χ4v) is 2.58. The lowest BCUT2D eigenvalue weighted by Gasteiger charge is -2.25. The van der Waals surface area contributed by atoms with Crippen LogP contribution in [-0.2, 0) is 28.9 Å². The highest BCUT2D eigenvalue weighted by atomic mass is 16.5. The summed E-state index contributed by atoms with van der Waals surface area (Å²) in [5.41, 5.74) is 0. The van der Waals surface area contributed by atoms with Crippen molar-refractivity contribution in [3.05, 3.63) is 11.6 Å². The van der Waals surface area contributed by atoms with Crippen LogP contribution in [0.4, 0.5) is 0 Å². The van der Waals surface area contributed by atoms with Crippen molar-refractivity contribution in [3.8, 4) is 0 Å². The minimum atomic E-state index is -0.134. The number of hydrogen-bond donors (Lipinski definition) is 1. The van der Waals surface area contributed by atoms with Crippen LogP contribution in [0, 0.1) is 0 Å². The van der Waals surface area contributed by atoms with E-state index < -0.39 is 0 Å². The van der Waals surface area contributed by atoms with Gasteiger partial charge in [0.25, 0.3) is 0 Å². The summed E-state index contributed by atoms with van der Waals surface area (Å²) in [6.07, 6.45) is 3.57. The molecule has 1 aromatic rings. The van der Waals surface area contributed by atoms with Gasteiger partial charge in [-0.2, -0.15) is 5.10 Å². The maximum absolute atomic E-state index is 11.4. The average molecular weight is 250 g/mol. The van der Waals surface area contributed by atoms with E-state index in [1.54, 1.807) is 0 Å². The second-order valence-electron chi connectivity index (χ2n) is 4.89. The Morgan fingerprint density at radius 1 is 1.50 bits per heavy atom. The Hall–Kier alpha value is -1.43. The maximum Gasteiger partial charge on any atom is 0.323 e. The molecule has 0 aromatic carbocycles. The third-order valence-corrected chi connectivity index (χ3v) is 3.59. The van der Waals surface area contributed by atoms with Crippen LogP contribution in [0.3, 0.4) is 0 Å². The molecule has 1 N–H and O–H groups in total. The lowest BCUT2D eigenvalue weighted by molar-refractivity contribution is -0.139. The molecule has 1 aromatic heterocycles.